The van der Waals surface area contributed by atoms with E-state index in [1.54, 1.807) is 12.1 Å². The van der Waals surface area contributed by atoms with Crippen molar-refractivity contribution in [2.24, 2.45) is 0 Å². The van der Waals surface area contributed by atoms with E-state index in [1.165, 1.54) is 27.4 Å². The van der Waals surface area contributed by atoms with Gasteiger partial charge in [0.05, 0.1) is 32.8 Å². The first kappa shape index (κ1) is 20.1. The second kappa shape index (κ2) is 8.55. The molecule has 1 N–H and O–H groups in total. The Labute approximate surface area is 166 Å². The zero-order valence-corrected chi connectivity index (χ0v) is 16.1. The van der Waals surface area contributed by atoms with Crippen molar-refractivity contribution in [1.29, 1.82) is 0 Å². The summed E-state index contributed by atoms with van der Waals surface area (Å²) in [6.07, 6.45) is -0.449. The number of rotatable bonds is 7. The molecule has 0 aromatic heterocycles. The molecule has 1 amide bonds. The van der Waals surface area contributed by atoms with E-state index in [9.17, 15) is 14.9 Å². The van der Waals surface area contributed by atoms with Gasteiger partial charge in [0.2, 0.25) is 11.5 Å². The molecule has 0 spiro atoms. The van der Waals surface area contributed by atoms with Gasteiger partial charge in [-0.05, 0) is 12.1 Å². The number of nitrogens with one attached hydrogen (secondary N) is 1. The predicted molar refractivity (Wildman–Crippen MR) is 101 cm³/mol. The molecule has 0 radical (unpaired) electrons. The van der Waals surface area contributed by atoms with Gasteiger partial charge in [-0.1, -0.05) is 12.1 Å². The van der Waals surface area contributed by atoms with Crippen molar-refractivity contribution in [3.63, 3.8) is 0 Å². The maximum atomic E-state index is 12.7. The standard InChI is InChI=1S/C19H20N2O8/c1-25-15-8-12(16(21(23)24)18(27-3)17(15)26-2)19(22)20-9-11-10-28-13-6-4-5-7-14(13)29-11/h4-8,11H,9-10H2,1-3H3,(H,20,22). The van der Waals surface area contributed by atoms with Crippen molar-refractivity contribution in [2.75, 3.05) is 34.5 Å². The van der Waals surface area contributed by atoms with E-state index in [4.69, 9.17) is 23.7 Å². The quantitative estimate of drug-likeness (QED) is 0.551. The van der Waals surface area contributed by atoms with Gasteiger partial charge in [0, 0.05) is 6.07 Å². The molecule has 154 valence electrons. The second-order valence-corrected chi connectivity index (χ2v) is 6.01. The van der Waals surface area contributed by atoms with E-state index in [-0.39, 0.29) is 36.0 Å². The number of fused-ring (bicyclic) bond motifs is 1. The lowest BCUT2D eigenvalue weighted by Crippen LogP contribution is -2.40. The molecule has 2 aromatic rings. The van der Waals surface area contributed by atoms with Crippen LogP contribution in [0, 0.1) is 10.1 Å². The fourth-order valence-corrected chi connectivity index (χ4v) is 2.96. The van der Waals surface area contributed by atoms with Gasteiger partial charge in [0.25, 0.3) is 5.91 Å². The van der Waals surface area contributed by atoms with Crippen molar-refractivity contribution in [3.8, 4) is 28.7 Å². The number of amides is 1. The summed E-state index contributed by atoms with van der Waals surface area (Å²) in [5.74, 6) is 0.462. The second-order valence-electron chi connectivity index (χ2n) is 6.01. The number of nitro benzene ring substituents is 1. The predicted octanol–water partition coefficient (Wildman–Crippen LogP) is 2.19. The Morgan fingerprint density at radius 1 is 1.17 bits per heavy atom. The number of para-hydroxylation sites is 2. The molecule has 1 heterocycles. The number of nitro groups is 1. The Kier molecular flexibility index (Phi) is 5.91. The minimum atomic E-state index is -0.702. The molecular formula is C19H20N2O8. The summed E-state index contributed by atoms with van der Waals surface area (Å²) in [4.78, 5) is 23.6. The lowest BCUT2D eigenvalue weighted by molar-refractivity contribution is -0.386. The van der Waals surface area contributed by atoms with Crippen LogP contribution < -0.4 is 29.0 Å². The van der Waals surface area contributed by atoms with Gasteiger partial charge in [-0.3, -0.25) is 14.9 Å². The van der Waals surface area contributed by atoms with Crippen LogP contribution in [0.4, 0.5) is 5.69 Å². The third-order valence-electron chi connectivity index (χ3n) is 4.29. The molecular weight excluding hydrogens is 384 g/mol. The largest absolute Gasteiger partial charge is 0.493 e. The van der Waals surface area contributed by atoms with Crippen molar-refractivity contribution in [3.05, 3.63) is 46.0 Å². The fourth-order valence-electron chi connectivity index (χ4n) is 2.96. The monoisotopic (exact) mass is 404 g/mol. The fraction of sp³-hybridized carbons (Fsp3) is 0.316. The zero-order valence-electron chi connectivity index (χ0n) is 16.1. The smallest absolute Gasteiger partial charge is 0.327 e. The Morgan fingerprint density at radius 3 is 2.48 bits per heavy atom. The number of carbonyl (C=O) groups is 1. The van der Waals surface area contributed by atoms with Crippen LogP contribution in [0.25, 0.3) is 0 Å². The summed E-state index contributed by atoms with van der Waals surface area (Å²) >= 11 is 0. The minimum Gasteiger partial charge on any atom is -0.493 e. The van der Waals surface area contributed by atoms with Crippen LogP contribution in [0.15, 0.2) is 30.3 Å². The van der Waals surface area contributed by atoms with Gasteiger partial charge in [-0.15, -0.1) is 0 Å². The summed E-state index contributed by atoms with van der Waals surface area (Å²) in [5.41, 5.74) is -0.740. The van der Waals surface area contributed by atoms with Crippen LogP contribution in [-0.4, -0.2) is 51.4 Å². The van der Waals surface area contributed by atoms with E-state index in [0.29, 0.717) is 11.5 Å². The van der Waals surface area contributed by atoms with Crippen LogP contribution in [0.3, 0.4) is 0 Å². The van der Waals surface area contributed by atoms with Crippen LogP contribution >= 0.6 is 0 Å². The summed E-state index contributed by atoms with van der Waals surface area (Å²) in [6, 6.07) is 8.41. The topological polar surface area (TPSA) is 118 Å². The lowest BCUT2D eigenvalue weighted by atomic mass is 10.1. The number of nitrogens with zero attached hydrogens (tertiary/aromatic N) is 1. The molecule has 0 saturated carbocycles. The average molecular weight is 404 g/mol. The van der Waals surface area contributed by atoms with Crippen molar-refractivity contribution < 1.29 is 33.4 Å². The lowest BCUT2D eigenvalue weighted by Gasteiger charge is -2.26. The molecule has 10 heteroatoms. The number of benzene rings is 2. The maximum absolute atomic E-state index is 12.7. The Hall–Kier alpha value is -3.69. The molecule has 0 aliphatic carbocycles. The van der Waals surface area contributed by atoms with Gasteiger partial charge in [-0.2, -0.15) is 0 Å². The summed E-state index contributed by atoms with van der Waals surface area (Å²) < 4.78 is 26.8. The first-order valence-electron chi connectivity index (χ1n) is 8.64. The van der Waals surface area contributed by atoms with E-state index < -0.39 is 22.6 Å². The third kappa shape index (κ3) is 3.96. The molecule has 0 saturated heterocycles. The molecule has 3 rings (SSSR count). The molecule has 1 aliphatic heterocycles. The molecule has 10 nitrogen and oxygen atoms in total. The summed E-state index contributed by atoms with van der Waals surface area (Å²) in [6.45, 7) is 0.315. The van der Waals surface area contributed by atoms with Crippen LogP contribution in [0.1, 0.15) is 10.4 Å². The van der Waals surface area contributed by atoms with Crippen molar-refractivity contribution in [2.45, 2.75) is 6.10 Å². The molecule has 0 bridgehead atoms. The van der Waals surface area contributed by atoms with Crippen molar-refractivity contribution >= 4 is 11.6 Å². The molecule has 1 aliphatic rings. The number of carbonyl (C=O) groups excluding carboxylic acids is 1. The van der Waals surface area contributed by atoms with E-state index in [0.717, 1.165) is 0 Å². The van der Waals surface area contributed by atoms with Crippen molar-refractivity contribution in [1.82, 2.24) is 5.32 Å². The average Bonchev–Trinajstić information content (AvgIpc) is 2.75. The van der Waals surface area contributed by atoms with Gasteiger partial charge in [-0.25, -0.2) is 0 Å². The van der Waals surface area contributed by atoms with Gasteiger partial charge in [0.15, 0.2) is 17.2 Å². The summed E-state index contributed by atoms with van der Waals surface area (Å²) in [7, 11) is 3.92. The third-order valence-corrected chi connectivity index (χ3v) is 4.29. The first-order chi connectivity index (χ1) is 14.0. The van der Waals surface area contributed by atoms with Gasteiger partial charge < -0.3 is 29.0 Å². The highest BCUT2D eigenvalue weighted by atomic mass is 16.6. The number of ether oxygens (including phenoxy) is 5. The normalized spacial score (nSPS) is 14.7. The van der Waals surface area contributed by atoms with Gasteiger partial charge >= 0.3 is 5.69 Å². The number of hydrogen-bond acceptors (Lipinski definition) is 8. The molecule has 1 atom stereocenters. The van der Waals surface area contributed by atoms with Crippen LogP contribution in [-0.2, 0) is 0 Å². The molecule has 29 heavy (non-hydrogen) atoms. The highest BCUT2D eigenvalue weighted by molar-refractivity contribution is 6.00. The number of hydrogen-bond donors (Lipinski definition) is 1. The Balaban J connectivity index is 1.82. The Morgan fingerprint density at radius 2 is 1.86 bits per heavy atom. The van der Waals surface area contributed by atoms with Gasteiger partial charge in [0.1, 0.15) is 18.3 Å². The minimum absolute atomic E-state index is 0.0267. The van der Waals surface area contributed by atoms with Crippen LogP contribution in [0.2, 0.25) is 0 Å². The zero-order chi connectivity index (χ0) is 21.0. The molecule has 0 fully saturated rings. The van der Waals surface area contributed by atoms with E-state index in [1.807, 2.05) is 12.1 Å². The van der Waals surface area contributed by atoms with E-state index in [2.05, 4.69) is 5.32 Å². The molecule has 1 unspecified atom stereocenters. The highest BCUT2D eigenvalue weighted by Gasteiger charge is 2.33. The SMILES string of the molecule is COc1cc(C(=O)NCC2COc3ccccc3O2)c([N+](=O)[O-])c(OC)c1OC. The Bertz CT molecular complexity index is 931. The van der Waals surface area contributed by atoms with Crippen LogP contribution in [0.5, 0.6) is 28.7 Å². The maximum Gasteiger partial charge on any atom is 0.327 e. The highest BCUT2D eigenvalue weighted by Crippen LogP contribution is 2.46. The van der Waals surface area contributed by atoms with E-state index >= 15 is 0 Å². The first-order valence-corrected chi connectivity index (χ1v) is 8.64. The summed E-state index contributed by atoms with van der Waals surface area (Å²) in [5, 5.41) is 14.3. The number of methoxy groups -OCH3 is 3. The molecule has 2 aromatic carbocycles.